The van der Waals surface area contributed by atoms with Gasteiger partial charge in [-0.05, 0) is 43.7 Å². The average Bonchev–Trinajstić information content (AvgIpc) is 2.96. The molecule has 5 rings (SSSR count). The zero-order chi connectivity index (χ0) is 29.3. The first-order valence-electron chi connectivity index (χ1n) is 12.7. The van der Waals surface area contributed by atoms with Crippen LogP contribution in [-0.4, -0.2) is 59.8 Å². The first kappa shape index (κ1) is 28.0. The van der Waals surface area contributed by atoms with Gasteiger partial charge in [-0.1, -0.05) is 35.9 Å². The minimum atomic E-state index is -3.95. The number of morpholine rings is 1. The molecule has 3 aromatic carbocycles. The Labute approximate surface area is 235 Å². The van der Waals surface area contributed by atoms with Gasteiger partial charge in [-0.15, -0.1) is 0 Å². The summed E-state index contributed by atoms with van der Waals surface area (Å²) in [6, 6.07) is 15.7. The lowest BCUT2D eigenvalue weighted by molar-refractivity contribution is -0.384. The molecular formula is C28H27N5O7S. The molecule has 0 saturated carbocycles. The molecule has 1 saturated heterocycles. The summed E-state index contributed by atoms with van der Waals surface area (Å²) in [5.74, 6) is -0.354. The Morgan fingerprint density at radius 1 is 1.05 bits per heavy atom. The van der Waals surface area contributed by atoms with E-state index in [4.69, 9.17) is 4.74 Å². The monoisotopic (exact) mass is 577 g/mol. The Morgan fingerprint density at radius 2 is 1.76 bits per heavy atom. The molecule has 0 aliphatic carbocycles. The van der Waals surface area contributed by atoms with Crippen LogP contribution in [0.3, 0.4) is 0 Å². The topological polar surface area (TPSA) is 156 Å². The van der Waals surface area contributed by atoms with E-state index < -0.39 is 26.2 Å². The van der Waals surface area contributed by atoms with Crippen molar-refractivity contribution in [2.24, 2.45) is 5.10 Å². The fraction of sp³-hybridized carbons (Fsp3) is 0.214. The van der Waals surface area contributed by atoms with Crippen molar-refractivity contribution >= 4 is 38.4 Å². The number of nitro groups is 1. The number of sulfonamides is 1. The second-order valence-electron chi connectivity index (χ2n) is 9.54. The van der Waals surface area contributed by atoms with Gasteiger partial charge in [-0.3, -0.25) is 20.3 Å². The van der Waals surface area contributed by atoms with Crippen LogP contribution in [0.25, 0.3) is 16.5 Å². The number of ether oxygens (including phenoxy) is 1. The number of hydrogen-bond acceptors (Lipinski definition) is 9. The number of nitrogens with one attached hydrogen (secondary N) is 1. The molecule has 0 spiro atoms. The lowest BCUT2D eigenvalue weighted by atomic mass is 10.1. The average molecular weight is 578 g/mol. The zero-order valence-corrected chi connectivity index (χ0v) is 23.1. The van der Waals surface area contributed by atoms with Gasteiger partial charge < -0.3 is 9.84 Å². The van der Waals surface area contributed by atoms with Gasteiger partial charge in [0, 0.05) is 29.9 Å². The molecule has 0 radical (unpaired) electrons. The molecule has 1 fully saturated rings. The summed E-state index contributed by atoms with van der Waals surface area (Å²) in [6.07, 6.45) is 1.26. The Kier molecular flexibility index (Phi) is 7.58. The first-order chi connectivity index (χ1) is 19.6. The molecule has 2 heterocycles. The Balaban J connectivity index is 1.54. The van der Waals surface area contributed by atoms with Gasteiger partial charge in [-0.2, -0.15) is 9.41 Å². The highest BCUT2D eigenvalue weighted by Crippen LogP contribution is 2.30. The molecule has 12 nitrogen and oxygen atoms in total. The first-order valence-corrected chi connectivity index (χ1v) is 14.1. The van der Waals surface area contributed by atoms with Crippen molar-refractivity contribution < 1.29 is 23.2 Å². The van der Waals surface area contributed by atoms with E-state index in [1.165, 1.54) is 27.2 Å². The van der Waals surface area contributed by atoms with Crippen LogP contribution in [-0.2, 0) is 14.8 Å². The highest BCUT2D eigenvalue weighted by Gasteiger charge is 2.29. The van der Waals surface area contributed by atoms with Crippen LogP contribution in [0.4, 0.5) is 11.4 Å². The maximum atomic E-state index is 13.4. The molecule has 13 heteroatoms. The lowest BCUT2D eigenvalue weighted by Gasteiger charge is -2.26. The molecule has 0 atom stereocenters. The molecule has 0 bridgehead atoms. The van der Waals surface area contributed by atoms with Crippen molar-refractivity contribution in [1.29, 1.82) is 0 Å². The summed E-state index contributed by atoms with van der Waals surface area (Å²) in [7, 11) is -3.95. The predicted molar refractivity (Wildman–Crippen MR) is 155 cm³/mol. The third kappa shape index (κ3) is 5.29. The minimum absolute atomic E-state index is 0.0568. The van der Waals surface area contributed by atoms with E-state index >= 15 is 0 Å². The third-order valence-corrected chi connectivity index (χ3v) is 8.74. The van der Waals surface area contributed by atoms with Gasteiger partial charge in [0.25, 0.3) is 11.2 Å². The quantitative estimate of drug-likeness (QED) is 0.191. The van der Waals surface area contributed by atoms with Crippen LogP contribution in [0.1, 0.15) is 16.7 Å². The summed E-state index contributed by atoms with van der Waals surface area (Å²) in [6.45, 7) is 4.56. The molecule has 2 N–H and O–H groups in total. The summed E-state index contributed by atoms with van der Waals surface area (Å²) >= 11 is 0. The van der Waals surface area contributed by atoms with Crippen LogP contribution in [0.2, 0.25) is 0 Å². The Hall–Kier alpha value is -4.59. The van der Waals surface area contributed by atoms with Crippen LogP contribution >= 0.6 is 0 Å². The van der Waals surface area contributed by atoms with E-state index in [1.54, 1.807) is 30.3 Å². The van der Waals surface area contributed by atoms with Gasteiger partial charge >= 0.3 is 0 Å². The molecule has 4 aromatic rings. The van der Waals surface area contributed by atoms with E-state index in [9.17, 15) is 28.4 Å². The van der Waals surface area contributed by atoms with E-state index in [0.29, 0.717) is 16.5 Å². The van der Waals surface area contributed by atoms with Crippen LogP contribution in [0.5, 0.6) is 5.88 Å². The molecule has 0 amide bonds. The Morgan fingerprint density at radius 3 is 2.44 bits per heavy atom. The standard InChI is InChI=1S/C28H27N5O7S/c1-18-7-10-25(19(2)15-18)32-27(34)22-6-4-3-5-21(22)23(28(32)35)17-29-30-24-9-8-20(16-26(24)33(36)37)41(38,39)31-11-13-40-14-12-31/h3-10,15-17,30,35H,11-14H2,1-2H3/b29-17-. The lowest BCUT2D eigenvalue weighted by Crippen LogP contribution is -2.40. The third-order valence-electron chi connectivity index (χ3n) is 6.85. The molecule has 212 valence electrons. The van der Waals surface area contributed by atoms with E-state index in [1.807, 2.05) is 26.0 Å². The maximum Gasteiger partial charge on any atom is 0.295 e. The number of hydrazone groups is 1. The fourth-order valence-electron chi connectivity index (χ4n) is 4.79. The van der Waals surface area contributed by atoms with Crippen molar-refractivity contribution in [2.45, 2.75) is 18.7 Å². The molecule has 1 aliphatic rings. The number of nitrogens with zero attached hydrogens (tertiary/aromatic N) is 4. The molecule has 1 aromatic heterocycles. The molecule has 1 aliphatic heterocycles. The SMILES string of the molecule is Cc1ccc(-n2c(O)c(/C=N\Nc3ccc(S(=O)(=O)N4CCOCC4)cc3[N+](=O)[O-])c3ccccc3c2=O)c(C)c1. The summed E-state index contributed by atoms with van der Waals surface area (Å²) in [4.78, 5) is 24.3. The van der Waals surface area contributed by atoms with Crippen molar-refractivity contribution in [3.05, 3.63) is 97.8 Å². The van der Waals surface area contributed by atoms with Gasteiger partial charge in [0.15, 0.2) is 0 Å². The van der Waals surface area contributed by atoms with Crippen molar-refractivity contribution in [1.82, 2.24) is 8.87 Å². The van der Waals surface area contributed by atoms with Crippen LogP contribution in [0, 0.1) is 24.0 Å². The number of aryl methyl sites for hydroxylation is 2. The number of aromatic hydroxyl groups is 1. The largest absolute Gasteiger partial charge is 0.494 e. The van der Waals surface area contributed by atoms with Gasteiger partial charge in [0.1, 0.15) is 5.69 Å². The normalized spacial score (nSPS) is 14.5. The molecule has 0 unspecified atom stereocenters. The second-order valence-corrected chi connectivity index (χ2v) is 11.5. The smallest absolute Gasteiger partial charge is 0.295 e. The number of nitro benzene ring substituents is 1. The van der Waals surface area contributed by atoms with Crippen molar-refractivity contribution in [3.63, 3.8) is 0 Å². The number of aromatic nitrogens is 1. The molecule has 41 heavy (non-hydrogen) atoms. The van der Waals surface area contributed by atoms with E-state index in [0.717, 1.165) is 17.2 Å². The Bertz CT molecular complexity index is 1860. The highest BCUT2D eigenvalue weighted by atomic mass is 32.2. The summed E-state index contributed by atoms with van der Waals surface area (Å²) in [5.41, 5.74) is 4.11. The van der Waals surface area contributed by atoms with Crippen molar-refractivity contribution in [2.75, 3.05) is 31.7 Å². The summed E-state index contributed by atoms with van der Waals surface area (Å²) < 4.78 is 33.6. The number of rotatable bonds is 7. The highest BCUT2D eigenvalue weighted by molar-refractivity contribution is 7.89. The predicted octanol–water partition coefficient (Wildman–Crippen LogP) is 3.69. The van der Waals surface area contributed by atoms with Crippen LogP contribution < -0.4 is 11.0 Å². The van der Waals surface area contributed by atoms with E-state index in [-0.39, 0.29) is 48.3 Å². The number of hydrogen-bond donors (Lipinski definition) is 2. The number of anilines is 1. The van der Waals surface area contributed by atoms with Gasteiger partial charge in [0.05, 0.1) is 40.5 Å². The fourth-order valence-corrected chi connectivity index (χ4v) is 6.22. The molecular weight excluding hydrogens is 550 g/mol. The number of benzene rings is 3. The number of fused-ring (bicyclic) bond motifs is 1. The zero-order valence-electron chi connectivity index (χ0n) is 22.3. The van der Waals surface area contributed by atoms with Gasteiger partial charge in [-0.25, -0.2) is 13.0 Å². The van der Waals surface area contributed by atoms with Gasteiger partial charge in [0.2, 0.25) is 15.9 Å². The van der Waals surface area contributed by atoms with E-state index in [2.05, 4.69) is 10.5 Å². The number of pyridine rings is 1. The maximum absolute atomic E-state index is 13.4. The summed E-state index contributed by atoms with van der Waals surface area (Å²) in [5, 5.41) is 28.0. The van der Waals surface area contributed by atoms with Crippen LogP contribution in [0.15, 0.2) is 75.5 Å². The second kappa shape index (κ2) is 11.1. The van der Waals surface area contributed by atoms with Crippen molar-refractivity contribution in [3.8, 4) is 11.6 Å². The minimum Gasteiger partial charge on any atom is -0.494 e.